The van der Waals surface area contributed by atoms with Crippen molar-refractivity contribution in [3.05, 3.63) is 184 Å². The topological polar surface area (TPSA) is 0 Å². The highest BCUT2D eigenvalue weighted by Crippen LogP contribution is 2.69. The Bertz CT molecular complexity index is 3100. The fraction of sp³-hybridized carbons (Fsp3) is 0.459. The Morgan fingerprint density at radius 2 is 0.543 bits per heavy atom. The van der Waals surface area contributed by atoms with Crippen molar-refractivity contribution in [1.82, 2.24) is 0 Å². The number of unbranched alkanes of at least 4 members (excludes halogenated alkanes) is 20. The second-order valence-corrected chi connectivity index (χ2v) is 31.9. The Balaban J connectivity index is 1.05. The summed E-state index contributed by atoms with van der Waals surface area (Å²) in [5, 5.41) is 0. The van der Waals surface area contributed by atoms with Crippen LogP contribution in [0.5, 0.6) is 0 Å². The predicted molar refractivity (Wildman–Crippen MR) is 369 cm³/mol. The molecule has 0 saturated heterocycles. The predicted octanol–water partition coefficient (Wildman–Crippen LogP) is 26.2. The molecular formula is C74H86Br2S5. The van der Waals surface area contributed by atoms with Crippen LogP contribution in [0.3, 0.4) is 0 Å². The third-order valence-corrected chi connectivity index (χ3v) is 26.0. The number of fused-ring (bicyclic) bond motifs is 11. The van der Waals surface area contributed by atoms with Gasteiger partial charge in [0.2, 0.25) is 0 Å². The molecule has 0 amide bonds. The van der Waals surface area contributed by atoms with Crippen molar-refractivity contribution in [2.24, 2.45) is 0 Å². The van der Waals surface area contributed by atoms with Crippen molar-refractivity contribution in [1.29, 1.82) is 0 Å². The van der Waals surface area contributed by atoms with E-state index in [-0.39, 0.29) is 0 Å². The van der Waals surface area contributed by atoms with E-state index in [0.717, 1.165) is 25.7 Å². The number of rotatable bonds is 32. The molecule has 0 atom stereocenters. The highest BCUT2D eigenvalue weighted by Gasteiger charge is 2.53. The maximum Gasteiger partial charge on any atom is 0.0745 e. The lowest BCUT2D eigenvalue weighted by Crippen LogP contribution is -2.28. The molecule has 0 spiro atoms. The lowest BCUT2D eigenvalue weighted by molar-refractivity contribution is 0.607. The number of benzene rings is 4. The molecule has 5 heterocycles. The zero-order valence-corrected chi connectivity index (χ0v) is 56.2. The highest BCUT2D eigenvalue weighted by molar-refractivity contribution is 9.11. The average molecular weight is 1300 g/mol. The molecule has 2 aliphatic rings. The number of aryl methyl sites for hydroxylation is 4. The number of halogens is 2. The van der Waals surface area contributed by atoms with Crippen LogP contribution in [0.4, 0.5) is 0 Å². The largest absolute Gasteiger partial charge is 0.133 e. The van der Waals surface area contributed by atoms with Gasteiger partial charge in [0, 0.05) is 11.1 Å². The van der Waals surface area contributed by atoms with E-state index in [0.29, 0.717) is 0 Å². The summed E-state index contributed by atoms with van der Waals surface area (Å²) in [6, 6.07) is 45.2. The Kier molecular flexibility index (Phi) is 20.5. The van der Waals surface area contributed by atoms with Gasteiger partial charge in [-0.3, -0.25) is 0 Å². The van der Waals surface area contributed by atoms with Gasteiger partial charge in [0.25, 0.3) is 0 Å². The lowest BCUT2D eigenvalue weighted by atomic mass is 9.68. The summed E-state index contributed by atoms with van der Waals surface area (Å²) in [4.78, 5) is 5.82. The van der Waals surface area contributed by atoms with Crippen LogP contribution < -0.4 is 0 Å². The Morgan fingerprint density at radius 3 is 0.815 bits per heavy atom. The molecule has 0 N–H and O–H groups in total. The maximum atomic E-state index is 4.09. The molecule has 0 aliphatic heterocycles. The number of hydrogen-bond acceptors (Lipinski definition) is 5. The van der Waals surface area contributed by atoms with E-state index in [4.69, 9.17) is 0 Å². The standard InChI is InChI=1S/C74H86Br2S5/c1-5-9-13-17-21-25-29-51-33-41-55(42-34-51)73(56-43-35-52(36-44-56)30-26-22-18-14-10-6-2)59-49-61(75)77-65(59)67-63(73)69-71(80-67)72-70(79-69)64-68(81-72)66-60(50-62(76)78-66)74(64,57-45-37-53(38-46-57)31-27-23-19-15-11-7-3)58-47-39-54(40-48-58)32-28-24-20-16-12-8-4/h33-50H,5-32H2,1-4H3. The van der Waals surface area contributed by atoms with Gasteiger partial charge in [-0.15, -0.1) is 56.7 Å². The molecule has 7 heteroatoms. The van der Waals surface area contributed by atoms with Gasteiger partial charge in [-0.05, 0) is 151 Å². The number of hydrogen-bond donors (Lipinski definition) is 0. The van der Waals surface area contributed by atoms with Crippen LogP contribution in [0.15, 0.2) is 117 Å². The molecule has 0 bridgehead atoms. The monoisotopic (exact) mass is 1290 g/mol. The normalized spacial score (nSPS) is 13.9. The summed E-state index contributed by atoms with van der Waals surface area (Å²) in [7, 11) is 0. The van der Waals surface area contributed by atoms with Crippen molar-refractivity contribution in [2.75, 3.05) is 0 Å². The van der Waals surface area contributed by atoms with Crippen molar-refractivity contribution in [2.45, 2.75) is 218 Å². The summed E-state index contributed by atoms with van der Waals surface area (Å²) < 4.78 is 8.37. The van der Waals surface area contributed by atoms with E-state index < -0.39 is 10.8 Å². The van der Waals surface area contributed by atoms with Crippen LogP contribution in [0, 0.1) is 0 Å². The summed E-state index contributed by atoms with van der Waals surface area (Å²) >= 11 is 18.4. The van der Waals surface area contributed by atoms with E-state index in [1.807, 2.05) is 22.7 Å². The summed E-state index contributed by atoms with van der Waals surface area (Å²) in [6.07, 6.45) is 36.4. The van der Waals surface area contributed by atoms with Crippen LogP contribution in [0.2, 0.25) is 0 Å². The minimum Gasteiger partial charge on any atom is -0.133 e. The van der Waals surface area contributed by atoms with Crippen molar-refractivity contribution < 1.29 is 0 Å². The minimum atomic E-state index is -0.447. The molecule has 81 heavy (non-hydrogen) atoms. The molecule has 0 unspecified atom stereocenters. The first-order chi connectivity index (χ1) is 39.8. The van der Waals surface area contributed by atoms with Crippen molar-refractivity contribution >= 4 is 107 Å². The zero-order valence-electron chi connectivity index (χ0n) is 49.0. The highest BCUT2D eigenvalue weighted by atomic mass is 79.9. The Morgan fingerprint density at radius 1 is 0.284 bits per heavy atom. The molecule has 0 fully saturated rings. The van der Waals surface area contributed by atoms with Gasteiger partial charge in [-0.25, -0.2) is 0 Å². The second-order valence-electron chi connectivity index (χ2n) is 24.0. The molecule has 0 radical (unpaired) electrons. The van der Waals surface area contributed by atoms with Crippen LogP contribution >= 0.6 is 88.5 Å². The molecule has 0 saturated carbocycles. The molecule has 9 aromatic rings. The third kappa shape index (κ3) is 12.1. The second kappa shape index (κ2) is 27.9. The van der Waals surface area contributed by atoms with Gasteiger partial charge in [0.15, 0.2) is 0 Å². The lowest BCUT2D eigenvalue weighted by Gasteiger charge is -2.33. The van der Waals surface area contributed by atoms with Gasteiger partial charge in [-0.2, -0.15) is 0 Å². The van der Waals surface area contributed by atoms with E-state index in [1.165, 1.54) is 267 Å². The zero-order chi connectivity index (χ0) is 55.8. The molecular weight excluding hydrogens is 1210 g/mol. The molecule has 11 rings (SSSR count). The van der Waals surface area contributed by atoms with E-state index in [1.54, 1.807) is 0 Å². The SMILES string of the molecule is CCCCCCCCc1ccc(C2(c3ccc(CCCCCCCC)cc3)c3cc(Br)sc3-c3sc4c(sc5c6c(sc54)-c4sc(Br)cc4C6(c4ccc(CCCCCCCC)cc4)c4ccc(CCCCCCCC)cc4)c32)cc1. The quantitative estimate of drug-likeness (QED) is 0.0369. The van der Waals surface area contributed by atoms with Gasteiger partial charge in [0.1, 0.15) is 0 Å². The van der Waals surface area contributed by atoms with E-state index in [2.05, 4.69) is 203 Å². The third-order valence-electron chi connectivity index (χ3n) is 18.3. The van der Waals surface area contributed by atoms with Gasteiger partial charge >= 0.3 is 0 Å². The van der Waals surface area contributed by atoms with Crippen LogP contribution in [-0.2, 0) is 36.5 Å². The van der Waals surface area contributed by atoms with Crippen LogP contribution in [0.25, 0.3) is 38.3 Å². The number of thiophene rings is 5. The Hall–Kier alpha value is -3.14. The first-order valence-electron chi connectivity index (χ1n) is 31.9. The van der Waals surface area contributed by atoms with Gasteiger partial charge in [-0.1, -0.05) is 253 Å². The molecule has 426 valence electrons. The van der Waals surface area contributed by atoms with Crippen LogP contribution in [-0.4, -0.2) is 0 Å². The van der Waals surface area contributed by atoms with Gasteiger partial charge < -0.3 is 0 Å². The molecule has 2 aliphatic carbocycles. The molecule has 5 aromatic heterocycles. The van der Waals surface area contributed by atoms with E-state index in [9.17, 15) is 0 Å². The van der Waals surface area contributed by atoms with Gasteiger partial charge in [0.05, 0.1) is 56.7 Å². The smallest absolute Gasteiger partial charge is 0.0745 e. The molecule has 0 nitrogen and oxygen atoms in total. The first-order valence-corrected chi connectivity index (χ1v) is 37.5. The summed E-state index contributed by atoms with van der Waals surface area (Å²) in [5.41, 5.74) is 16.5. The van der Waals surface area contributed by atoms with Crippen molar-refractivity contribution in [3.63, 3.8) is 0 Å². The minimum absolute atomic E-state index is 0.447. The summed E-state index contributed by atoms with van der Waals surface area (Å²) in [6.45, 7) is 9.27. The average Bonchev–Trinajstić information content (AvgIpc) is 4.38. The first kappa shape index (κ1) is 59.6. The fourth-order valence-corrected chi connectivity index (χ4v) is 22.3. The van der Waals surface area contributed by atoms with Crippen LogP contribution in [0.1, 0.15) is 249 Å². The van der Waals surface area contributed by atoms with Crippen molar-refractivity contribution in [3.8, 4) is 19.5 Å². The fourth-order valence-electron chi connectivity index (χ4n) is 14.0. The molecule has 4 aromatic carbocycles. The maximum absolute atomic E-state index is 4.09. The van der Waals surface area contributed by atoms with E-state index >= 15 is 0 Å². The Labute approximate surface area is 523 Å². The summed E-state index contributed by atoms with van der Waals surface area (Å²) in [5.74, 6) is 0.